The van der Waals surface area contributed by atoms with Crippen LogP contribution in [0.5, 0.6) is 0 Å². The van der Waals surface area contributed by atoms with Gasteiger partial charge in [-0.15, -0.1) is 0 Å². The highest BCUT2D eigenvalue weighted by atomic mass is 16.3. The second-order valence-corrected chi connectivity index (χ2v) is 5.78. The minimum atomic E-state index is -0.432. The number of aliphatic hydroxyl groups excluding tert-OH is 1. The van der Waals surface area contributed by atoms with Crippen LogP contribution in [0.2, 0.25) is 0 Å². The van der Waals surface area contributed by atoms with Crippen LogP contribution in [0.15, 0.2) is 0 Å². The minimum Gasteiger partial charge on any atom is -0.394 e. The van der Waals surface area contributed by atoms with Crippen LogP contribution in [0.4, 0.5) is 0 Å². The van der Waals surface area contributed by atoms with Gasteiger partial charge in [-0.1, -0.05) is 13.3 Å². The van der Waals surface area contributed by atoms with Crippen LogP contribution in [0, 0.1) is 5.92 Å². The average Bonchev–Trinajstić information content (AvgIpc) is 2.28. The molecule has 3 heteroatoms. The van der Waals surface area contributed by atoms with E-state index in [2.05, 4.69) is 18.7 Å². The summed E-state index contributed by atoms with van der Waals surface area (Å²) in [5.74, 6) is 0.856. The molecule has 0 aromatic rings. The summed E-state index contributed by atoms with van der Waals surface area (Å²) in [6.07, 6.45) is 4.84. The molecule has 16 heavy (non-hydrogen) atoms. The molecule has 3 unspecified atom stereocenters. The first kappa shape index (κ1) is 13.9. The first-order valence-electron chi connectivity index (χ1n) is 6.62. The Labute approximate surface area is 100 Å². The Morgan fingerprint density at radius 3 is 2.81 bits per heavy atom. The van der Waals surface area contributed by atoms with Gasteiger partial charge in [-0.3, -0.25) is 0 Å². The van der Waals surface area contributed by atoms with E-state index in [0.717, 1.165) is 12.3 Å². The first-order chi connectivity index (χ1) is 7.48. The molecule has 1 aliphatic rings. The van der Waals surface area contributed by atoms with E-state index in [9.17, 15) is 5.11 Å². The number of aliphatic hydroxyl groups is 1. The lowest BCUT2D eigenvalue weighted by molar-refractivity contribution is 0.0960. The summed E-state index contributed by atoms with van der Waals surface area (Å²) in [6.45, 7) is 8.92. The fraction of sp³-hybridized carbons (Fsp3) is 1.00. The van der Waals surface area contributed by atoms with Crippen molar-refractivity contribution in [2.75, 3.05) is 19.7 Å². The van der Waals surface area contributed by atoms with Gasteiger partial charge in [0.1, 0.15) is 0 Å². The normalized spacial score (nSPS) is 28.7. The molecule has 0 radical (unpaired) electrons. The lowest BCUT2D eigenvalue weighted by Crippen LogP contribution is -2.49. The number of piperidine rings is 1. The molecule has 0 bridgehead atoms. The predicted molar refractivity (Wildman–Crippen MR) is 68.3 cm³/mol. The molecule has 1 aliphatic heterocycles. The van der Waals surface area contributed by atoms with Crippen LogP contribution in [0.1, 0.15) is 46.5 Å². The van der Waals surface area contributed by atoms with Gasteiger partial charge >= 0.3 is 0 Å². The quantitative estimate of drug-likeness (QED) is 0.751. The molecule has 1 fully saturated rings. The second kappa shape index (κ2) is 5.99. The Hall–Kier alpha value is -0.120. The van der Waals surface area contributed by atoms with E-state index in [-0.39, 0.29) is 6.61 Å². The summed E-state index contributed by atoms with van der Waals surface area (Å²) >= 11 is 0. The van der Waals surface area contributed by atoms with Gasteiger partial charge in [0.25, 0.3) is 0 Å². The largest absolute Gasteiger partial charge is 0.394 e. The van der Waals surface area contributed by atoms with Crippen molar-refractivity contribution in [1.29, 1.82) is 0 Å². The molecular weight excluding hydrogens is 200 g/mol. The molecule has 0 spiro atoms. The lowest BCUT2D eigenvalue weighted by atomic mass is 9.91. The highest BCUT2D eigenvalue weighted by molar-refractivity contribution is 4.85. The van der Waals surface area contributed by atoms with Gasteiger partial charge in [-0.05, 0) is 45.6 Å². The fourth-order valence-corrected chi connectivity index (χ4v) is 2.70. The third-order valence-electron chi connectivity index (χ3n) is 3.87. The predicted octanol–water partition coefficient (Wildman–Crippen LogP) is 1.60. The minimum absolute atomic E-state index is 0.0718. The Morgan fingerprint density at radius 2 is 2.25 bits per heavy atom. The zero-order chi connectivity index (χ0) is 12.2. The van der Waals surface area contributed by atoms with Crippen molar-refractivity contribution in [2.24, 2.45) is 11.7 Å². The van der Waals surface area contributed by atoms with Gasteiger partial charge in [-0.2, -0.15) is 0 Å². The van der Waals surface area contributed by atoms with Gasteiger partial charge in [-0.25, -0.2) is 0 Å². The average molecular weight is 228 g/mol. The molecule has 0 amide bonds. The highest BCUT2D eigenvalue weighted by Crippen LogP contribution is 2.23. The maximum Gasteiger partial charge on any atom is 0.0609 e. The number of nitrogens with two attached hydrogens (primary N) is 1. The van der Waals surface area contributed by atoms with Crippen LogP contribution in [-0.2, 0) is 0 Å². The van der Waals surface area contributed by atoms with Gasteiger partial charge in [0.2, 0.25) is 0 Å². The molecule has 0 aromatic heterocycles. The Morgan fingerprint density at radius 1 is 1.56 bits per heavy atom. The summed E-state index contributed by atoms with van der Waals surface area (Å²) in [6, 6.07) is 0.483. The van der Waals surface area contributed by atoms with Crippen molar-refractivity contribution in [2.45, 2.75) is 58.0 Å². The molecule has 3 N–H and O–H groups in total. The number of hydrogen-bond acceptors (Lipinski definition) is 3. The van der Waals surface area contributed by atoms with Gasteiger partial charge in [0.15, 0.2) is 0 Å². The Bertz CT molecular complexity index is 206. The van der Waals surface area contributed by atoms with Gasteiger partial charge in [0.05, 0.1) is 6.61 Å². The third-order valence-corrected chi connectivity index (χ3v) is 3.87. The number of nitrogens with zero attached hydrogens (tertiary/aromatic N) is 1. The monoisotopic (exact) mass is 228 g/mol. The van der Waals surface area contributed by atoms with Crippen LogP contribution >= 0.6 is 0 Å². The molecule has 1 rings (SSSR count). The summed E-state index contributed by atoms with van der Waals surface area (Å²) < 4.78 is 0. The molecule has 0 aromatic carbocycles. The first-order valence-corrected chi connectivity index (χ1v) is 6.62. The van der Waals surface area contributed by atoms with Crippen molar-refractivity contribution < 1.29 is 5.11 Å². The van der Waals surface area contributed by atoms with Crippen LogP contribution in [0.25, 0.3) is 0 Å². The van der Waals surface area contributed by atoms with Crippen molar-refractivity contribution in [3.8, 4) is 0 Å². The molecular formula is C13H28N2O. The van der Waals surface area contributed by atoms with Crippen LogP contribution < -0.4 is 5.73 Å². The zero-order valence-electron chi connectivity index (χ0n) is 11.1. The van der Waals surface area contributed by atoms with E-state index >= 15 is 0 Å². The summed E-state index contributed by atoms with van der Waals surface area (Å²) in [5.41, 5.74) is 5.58. The molecule has 0 aliphatic carbocycles. The van der Waals surface area contributed by atoms with E-state index in [4.69, 9.17) is 5.73 Å². The number of likely N-dealkylation sites (tertiary alicyclic amines) is 1. The van der Waals surface area contributed by atoms with Crippen molar-refractivity contribution in [1.82, 2.24) is 4.90 Å². The molecule has 3 atom stereocenters. The van der Waals surface area contributed by atoms with E-state index in [0.29, 0.717) is 6.04 Å². The second-order valence-electron chi connectivity index (χ2n) is 5.78. The third kappa shape index (κ3) is 4.04. The zero-order valence-corrected chi connectivity index (χ0v) is 11.1. The molecule has 1 heterocycles. The van der Waals surface area contributed by atoms with Gasteiger partial charge < -0.3 is 15.7 Å². The molecule has 0 saturated carbocycles. The smallest absolute Gasteiger partial charge is 0.0609 e. The van der Waals surface area contributed by atoms with E-state index in [1.165, 1.54) is 32.4 Å². The van der Waals surface area contributed by atoms with Crippen molar-refractivity contribution in [3.05, 3.63) is 0 Å². The number of hydrogen-bond donors (Lipinski definition) is 2. The fourth-order valence-electron chi connectivity index (χ4n) is 2.70. The topological polar surface area (TPSA) is 49.5 Å². The summed E-state index contributed by atoms with van der Waals surface area (Å²) in [5, 5.41) is 9.20. The van der Waals surface area contributed by atoms with Crippen molar-refractivity contribution in [3.63, 3.8) is 0 Å². The Kier molecular flexibility index (Phi) is 5.22. The highest BCUT2D eigenvalue weighted by Gasteiger charge is 2.27. The molecule has 1 saturated heterocycles. The number of rotatable bonds is 5. The SMILES string of the molecule is CCC1CCCN(C(C)CC(C)(N)CO)C1. The van der Waals surface area contributed by atoms with Gasteiger partial charge in [0, 0.05) is 18.1 Å². The lowest BCUT2D eigenvalue weighted by Gasteiger charge is -2.39. The van der Waals surface area contributed by atoms with Crippen LogP contribution in [0.3, 0.4) is 0 Å². The van der Waals surface area contributed by atoms with E-state index < -0.39 is 5.54 Å². The maximum absolute atomic E-state index is 9.20. The summed E-state index contributed by atoms with van der Waals surface area (Å²) in [4.78, 5) is 2.54. The molecule has 96 valence electrons. The Balaban J connectivity index is 2.44. The summed E-state index contributed by atoms with van der Waals surface area (Å²) in [7, 11) is 0. The van der Waals surface area contributed by atoms with Crippen LogP contribution in [-0.4, -0.2) is 41.3 Å². The van der Waals surface area contributed by atoms with Crippen molar-refractivity contribution >= 4 is 0 Å². The van der Waals surface area contributed by atoms with E-state index in [1.54, 1.807) is 0 Å². The maximum atomic E-state index is 9.20. The van der Waals surface area contributed by atoms with E-state index in [1.807, 2.05) is 6.92 Å². The molecule has 3 nitrogen and oxygen atoms in total. The standard InChI is InChI=1S/C13H28N2O/c1-4-12-6-5-7-15(9-12)11(2)8-13(3,14)10-16/h11-12,16H,4-10,14H2,1-3H3.